The van der Waals surface area contributed by atoms with Crippen LogP contribution < -0.4 is 29.4 Å². The molecule has 0 aliphatic carbocycles. The van der Waals surface area contributed by atoms with Crippen molar-refractivity contribution in [2.75, 3.05) is 6.26 Å². The average molecular weight is 270 g/mol. The third-order valence-electron chi connectivity index (χ3n) is 0.0745. The summed E-state index contributed by atoms with van der Waals surface area (Å²) in [4.78, 5) is 51.3. The molecule has 0 aliphatic heterocycles. The largest absolute Gasteiger partial charge is 0.822 e. The van der Waals surface area contributed by atoms with E-state index in [0.29, 0.717) is 0 Å². The van der Waals surface area contributed by atoms with Crippen molar-refractivity contribution >= 4 is 27.7 Å². The van der Waals surface area contributed by atoms with Crippen LogP contribution in [0, 0.1) is 0 Å². The SMILES string of the molecule is CSOO.O=P([O-])([O-])[O-].O=P([O-])([O-])[O-]. The van der Waals surface area contributed by atoms with Crippen LogP contribution in [0.15, 0.2) is 0 Å². The molecule has 0 aromatic rings. The molecule has 0 radical (unpaired) electrons. The first kappa shape index (κ1) is 20.0. The van der Waals surface area contributed by atoms with E-state index in [1.807, 2.05) is 0 Å². The zero-order valence-corrected chi connectivity index (χ0v) is 9.03. The fourth-order valence-corrected chi connectivity index (χ4v) is 0. The third kappa shape index (κ3) is 743. The van der Waals surface area contributed by atoms with E-state index in [4.69, 9.17) is 43.7 Å². The molecule has 1 N–H and O–H groups in total. The number of rotatable bonds is 1. The standard InChI is InChI=1S/CH4O2S.2H3O4P/c1-4-3-2;2*1-5(2,3)4/h2H,1H3;2*(H3,1,2,3,4)/p-6. The van der Waals surface area contributed by atoms with Crippen molar-refractivity contribution in [3.8, 4) is 0 Å². The Morgan fingerprint density at radius 3 is 1.07 bits per heavy atom. The van der Waals surface area contributed by atoms with Crippen LogP contribution in [-0.4, -0.2) is 11.5 Å². The van der Waals surface area contributed by atoms with Gasteiger partial charge in [-0.2, -0.15) is 20.0 Å². The summed E-state index contributed by atoms with van der Waals surface area (Å²) in [5, 5.41) is 7.34. The van der Waals surface area contributed by atoms with E-state index >= 15 is 0 Å². The van der Waals surface area contributed by atoms with E-state index in [1.54, 1.807) is 6.26 Å². The summed E-state index contributed by atoms with van der Waals surface area (Å²) >= 11 is 0.912. The van der Waals surface area contributed by atoms with Gasteiger partial charge in [0, 0.05) is 18.3 Å². The molecule has 0 fully saturated rings. The highest BCUT2D eigenvalue weighted by Crippen LogP contribution is 2.03. The number of hydrogen-bond donors (Lipinski definition) is 1. The van der Waals surface area contributed by atoms with Crippen LogP contribution in [-0.2, 0) is 13.5 Å². The van der Waals surface area contributed by atoms with Crippen molar-refractivity contribution in [1.82, 2.24) is 0 Å². The van der Waals surface area contributed by atoms with Gasteiger partial charge in [-0.15, -0.1) is 0 Å². The summed E-state index contributed by atoms with van der Waals surface area (Å²) in [6.07, 6.45) is 1.62. The van der Waals surface area contributed by atoms with Gasteiger partial charge in [0.1, 0.15) is 0 Å². The van der Waals surface area contributed by atoms with Crippen LogP contribution in [0.3, 0.4) is 0 Å². The summed E-state index contributed by atoms with van der Waals surface area (Å²) < 4.78 is 20.6. The normalized spacial score (nSPS) is 10.6. The minimum atomic E-state index is -5.39. The molecule has 0 unspecified atom stereocenters. The highest BCUT2D eigenvalue weighted by molar-refractivity contribution is 7.93. The fraction of sp³-hybridized carbons (Fsp3) is 1.00. The summed E-state index contributed by atoms with van der Waals surface area (Å²) in [7, 11) is -10.8. The van der Waals surface area contributed by atoms with Crippen LogP contribution >= 0.6 is 27.7 Å². The Bertz CT molecular complexity index is 152. The lowest BCUT2D eigenvalue weighted by Gasteiger charge is -2.36. The van der Waals surface area contributed by atoms with Gasteiger partial charge in [-0.05, 0) is 0 Å². The zero-order chi connectivity index (χ0) is 12.4. The van der Waals surface area contributed by atoms with Crippen LogP contribution in [0.25, 0.3) is 0 Å². The summed E-state index contributed by atoms with van der Waals surface area (Å²) in [5.41, 5.74) is 0. The molecule has 0 aromatic heterocycles. The van der Waals surface area contributed by atoms with E-state index in [1.165, 1.54) is 0 Å². The average Bonchev–Trinajstić information content (AvgIpc) is 1.79. The summed E-state index contributed by atoms with van der Waals surface area (Å²) in [6.45, 7) is 0. The van der Waals surface area contributed by atoms with Gasteiger partial charge in [-0.3, -0.25) is 0 Å². The highest BCUT2D eigenvalue weighted by atomic mass is 32.2. The molecule has 0 bridgehead atoms. The van der Waals surface area contributed by atoms with Gasteiger partial charge < -0.3 is 38.5 Å². The fourth-order valence-electron chi connectivity index (χ4n) is 0. The Kier molecular flexibility index (Phi) is 14.3. The monoisotopic (exact) mass is 270 g/mol. The topological polar surface area (TPSA) is 202 Å². The van der Waals surface area contributed by atoms with E-state index in [9.17, 15) is 0 Å². The number of hydrogen-bond acceptors (Lipinski definition) is 11. The lowest BCUT2D eigenvalue weighted by Crippen LogP contribution is -2.24. The van der Waals surface area contributed by atoms with Crippen LogP contribution in [0.4, 0.5) is 0 Å². The minimum Gasteiger partial charge on any atom is -0.822 e. The second kappa shape index (κ2) is 10.0. The lowest BCUT2D eigenvalue weighted by molar-refractivity contribution is -0.434. The van der Waals surface area contributed by atoms with E-state index < -0.39 is 15.6 Å². The molecule has 13 heteroatoms. The highest BCUT2D eigenvalue weighted by Gasteiger charge is 1.55. The van der Waals surface area contributed by atoms with E-state index in [2.05, 4.69) is 4.33 Å². The molecule has 10 nitrogen and oxygen atoms in total. The molecule has 0 saturated carbocycles. The minimum absolute atomic E-state index is 0.912. The first-order valence-corrected chi connectivity index (χ1v) is 6.29. The van der Waals surface area contributed by atoms with Crippen molar-refractivity contribution < 1.29 is 48.1 Å². The second-order valence-electron chi connectivity index (χ2n) is 1.14. The third-order valence-corrected chi connectivity index (χ3v) is 0.224. The lowest BCUT2D eigenvalue weighted by atomic mass is 12.0. The van der Waals surface area contributed by atoms with Crippen LogP contribution in [0.5, 0.6) is 0 Å². The van der Waals surface area contributed by atoms with Crippen molar-refractivity contribution in [3.63, 3.8) is 0 Å². The van der Waals surface area contributed by atoms with Gasteiger partial charge >= 0.3 is 0 Å². The van der Waals surface area contributed by atoms with Gasteiger partial charge in [0.05, 0.1) is 0 Å². The van der Waals surface area contributed by atoms with Crippen molar-refractivity contribution in [2.45, 2.75) is 0 Å². The van der Waals surface area contributed by atoms with Gasteiger partial charge in [0.15, 0.2) is 0 Å². The Morgan fingerprint density at radius 1 is 1.00 bits per heavy atom. The molecule has 90 valence electrons. The molecule has 0 aromatic carbocycles. The van der Waals surface area contributed by atoms with Gasteiger partial charge in [0.2, 0.25) is 0 Å². The Balaban J connectivity index is -0.000000131. The molecule has 0 atom stereocenters. The van der Waals surface area contributed by atoms with Crippen molar-refractivity contribution in [1.29, 1.82) is 0 Å². The first-order chi connectivity index (χ1) is 5.91. The molecule has 0 spiro atoms. The molecule has 14 heavy (non-hydrogen) atoms. The van der Waals surface area contributed by atoms with E-state index in [-0.39, 0.29) is 0 Å². The smallest absolute Gasteiger partial charge is 0.0277 e. The predicted molar refractivity (Wildman–Crippen MR) is 32.4 cm³/mol. The summed E-state index contributed by atoms with van der Waals surface area (Å²) in [6, 6.07) is 0. The second-order valence-corrected chi connectivity index (χ2v) is 3.41. The number of phosphoric acid groups is 2. The quantitative estimate of drug-likeness (QED) is 0.207. The Morgan fingerprint density at radius 2 is 1.07 bits per heavy atom. The maximum absolute atomic E-state index is 8.55. The van der Waals surface area contributed by atoms with Crippen LogP contribution in [0.2, 0.25) is 0 Å². The van der Waals surface area contributed by atoms with Crippen molar-refractivity contribution in [2.24, 2.45) is 0 Å². The Labute approximate surface area is 82.8 Å². The van der Waals surface area contributed by atoms with Gasteiger partial charge in [-0.1, -0.05) is 0 Å². The first-order valence-electron chi connectivity index (χ1n) is 2.22. The molecular weight excluding hydrogens is 266 g/mol. The van der Waals surface area contributed by atoms with Crippen molar-refractivity contribution in [3.05, 3.63) is 0 Å². The molecule has 0 saturated heterocycles. The molecular formula is CH4O10P2S-6. The van der Waals surface area contributed by atoms with Crippen LogP contribution in [0.1, 0.15) is 0 Å². The summed E-state index contributed by atoms with van der Waals surface area (Å²) in [5.74, 6) is 0. The molecule has 0 rings (SSSR count). The maximum Gasteiger partial charge on any atom is 0.0277 e. The molecule has 0 aliphatic rings. The van der Waals surface area contributed by atoms with E-state index in [0.717, 1.165) is 12.0 Å². The molecule has 0 heterocycles. The predicted octanol–water partition coefficient (Wildman–Crippen LogP) is -4.90. The van der Waals surface area contributed by atoms with Gasteiger partial charge in [0.25, 0.3) is 0 Å². The zero-order valence-electron chi connectivity index (χ0n) is 6.42. The molecule has 0 amide bonds. The Hall–Kier alpha value is 0.490. The van der Waals surface area contributed by atoms with Gasteiger partial charge in [-0.25, -0.2) is 5.26 Å². The maximum atomic E-state index is 8.55.